The quantitative estimate of drug-likeness (QED) is 0.369. The van der Waals surface area contributed by atoms with Gasteiger partial charge in [0.1, 0.15) is 0 Å². The Morgan fingerprint density at radius 3 is 0.765 bits per heavy atom. The van der Waals surface area contributed by atoms with Gasteiger partial charge in [-0.3, -0.25) is 0 Å². The molecule has 0 saturated carbocycles. The molecule has 0 aromatic heterocycles. The molecule has 0 aliphatic heterocycles. The summed E-state index contributed by atoms with van der Waals surface area (Å²) >= 11 is 16.5. The number of benzene rings is 2. The fourth-order valence-corrected chi connectivity index (χ4v) is 1.57. The molecule has 5 heteroatoms. The third-order valence-electron chi connectivity index (χ3n) is 1.76. The van der Waals surface area contributed by atoms with E-state index in [4.69, 9.17) is 0 Å². The largest absolute Gasteiger partial charge is 2.00 e. The zero-order chi connectivity index (χ0) is 12.0. The summed E-state index contributed by atoms with van der Waals surface area (Å²) in [5.74, 6) is 0. The second-order valence-corrected chi connectivity index (χ2v) is 4.90. The van der Waals surface area contributed by atoms with E-state index in [1.165, 1.54) is 0 Å². The molecule has 2 aromatic carbocycles. The normalized spacial score (nSPS) is 8.71. The topological polar surface area (TPSA) is 0 Å². The second kappa shape index (κ2) is 9.55. The van der Waals surface area contributed by atoms with Crippen LogP contribution >= 0.6 is 50.5 Å². The Labute approximate surface area is 141 Å². The SMILES string of the molecule is Sc1ccccc1S.Sc1ccccc1S.[Sn+2]. The average Bonchev–Trinajstić information content (AvgIpc) is 2.28. The maximum absolute atomic E-state index is 4.12. The Balaban J connectivity index is 0.000000284. The van der Waals surface area contributed by atoms with E-state index in [0.29, 0.717) is 0 Å². The van der Waals surface area contributed by atoms with Gasteiger partial charge in [0.2, 0.25) is 0 Å². The number of thiol groups is 4. The summed E-state index contributed by atoms with van der Waals surface area (Å²) in [4.78, 5) is 3.71. The minimum Gasteiger partial charge on any atom is -0.142 e. The standard InChI is InChI=1S/2C6H6S2.Sn/c2*7-5-3-1-2-4-6(5)8;/h2*1-4,7-8H;/q;;+2. The van der Waals surface area contributed by atoms with Crippen LogP contribution in [0.3, 0.4) is 0 Å². The van der Waals surface area contributed by atoms with Gasteiger partial charge in [-0.1, -0.05) is 24.3 Å². The fourth-order valence-electron chi connectivity index (χ4n) is 0.928. The zero-order valence-electron chi connectivity index (χ0n) is 8.91. The molecule has 0 N–H and O–H groups in total. The van der Waals surface area contributed by atoms with Crippen LogP contribution in [-0.2, 0) is 0 Å². The van der Waals surface area contributed by atoms with Gasteiger partial charge in [0.05, 0.1) is 0 Å². The van der Waals surface area contributed by atoms with E-state index >= 15 is 0 Å². The molecule has 0 unspecified atom stereocenters. The maximum atomic E-state index is 4.12. The smallest absolute Gasteiger partial charge is 0.142 e. The monoisotopic (exact) mass is 404 g/mol. The summed E-state index contributed by atoms with van der Waals surface area (Å²) in [5.41, 5.74) is 0. The number of hydrogen-bond acceptors (Lipinski definition) is 4. The maximum Gasteiger partial charge on any atom is 2.00 e. The van der Waals surface area contributed by atoms with Crippen LogP contribution in [-0.4, -0.2) is 23.9 Å². The van der Waals surface area contributed by atoms with E-state index in [2.05, 4.69) is 50.5 Å². The van der Waals surface area contributed by atoms with E-state index < -0.39 is 0 Å². The summed E-state index contributed by atoms with van der Waals surface area (Å²) in [6.07, 6.45) is 0. The van der Waals surface area contributed by atoms with Gasteiger partial charge in [0, 0.05) is 19.6 Å². The first kappa shape index (κ1) is 17.6. The molecule has 0 bridgehead atoms. The van der Waals surface area contributed by atoms with Crippen molar-refractivity contribution in [2.45, 2.75) is 19.6 Å². The summed E-state index contributed by atoms with van der Waals surface area (Å²) in [5, 5.41) is 0. The Morgan fingerprint density at radius 1 is 0.471 bits per heavy atom. The Morgan fingerprint density at radius 2 is 0.647 bits per heavy atom. The first-order chi connectivity index (χ1) is 7.61. The molecule has 2 rings (SSSR count). The van der Waals surface area contributed by atoms with Crippen molar-refractivity contribution in [3.8, 4) is 0 Å². The third kappa shape index (κ3) is 6.96. The number of hydrogen-bond donors (Lipinski definition) is 4. The molecule has 0 spiro atoms. The Hall–Kier alpha value is 0.639. The van der Waals surface area contributed by atoms with E-state index in [1.807, 2.05) is 48.5 Å². The van der Waals surface area contributed by atoms with Crippen molar-refractivity contribution in [3.05, 3.63) is 48.5 Å². The second-order valence-electron chi connectivity index (χ2n) is 2.98. The van der Waals surface area contributed by atoms with Crippen molar-refractivity contribution >= 4 is 74.4 Å². The molecule has 0 nitrogen and oxygen atoms in total. The van der Waals surface area contributed by atoms with E-state index in [1.54, 1.807) is 0 Å². The third-order valence-corrected chi connectivity index (χ3v) is 3.68. The molecule has 0 aliphatic carbocycles. The first-order valence-corrected chi connectivity index (χ1v) is 6.34. The van der Waals surface area contributed by atoms with E-state index in [0.717, 1.165) is 19.6 Å². The molecule has 0 atom stereocenters. The fraction of sp³-hybridized carbons (Fsp3) is 0. The van der Waals surface area contributed by atoms with Crippen molar-refractivity contribution < 1.29 is 0 Å². The van der Waals surface area contributed by atoms with Crippen LogP contribution in [0.15, 0.2) is 68.1 Å². The van der Waals surface area contributed by atoms with Crippen LogP contribution in [0.1, 0.15) is 0 Å². The molecule has 0 heterocycles. The van der Waals surface area contributed by atoms with Gasteiger partial charge in [0.25, 0.3) is 0 Å². The van der Waals surface area contributed by atoms with Crippen molar-refractivity contribution in [1.82, 2.24) is 0 Å². The summed E-state index contributed by atoms with van der Waals surface area (Å²) in [6, 6.07) is 15.4. The predicted octanol–water partition coefficient (Wildman–Crippen LogP) is 4.15. The van der Waals surface area contributed by atoms with Crippen molar-refractivity contribution in [2.75, 3.05) is 0 Å². The van der Waals surface area contributed by atoms with Crippen LogP contribution in [0, 0.1) is 0 Å². The molecule has 0 fully saturated rings. The molecule has 86 valence electrons. The Kier molecular flexibility index (Phi) is 9.91. The molecule has 2 aromatic rings. The first-order valence-electron chi connectivity index (χ1n) is 4.55. The van der Waals surface area contributed by atoms with Crippen molar-refractivity contribution in [3.63, 3.8) is 0 Å². The summed E-state index contributed by atoms with van der Waals surface area (Å²) in [6.45, 7) is 0. The molecule has 2 radical (unpaired) electrons. The zero-order valence-corrected chi connectivity index (χ0v) is 15.3. The van der Waals surface area contributed by atoms with Crippen LogP contribution in [0.2, 0.25) is 0 Å². The molecule has 0 aliphatic rings. The summed E-state index contributed by atoms with van der Waals surface area (Å²) < 4.78 is 0. The number of rotatable bonds is 0. The minimum absolute atomic E-state index is 0. The minimum atomic E-state index is 0. The van der Waals surface area contributed by atoms with Crippen LogP contribution in [0.4, 0.5) is 0 Å². The van der Waals surface area contributed by atoms with Crippen LogP contribution in [0.25, 0.3) is 0 Å². The molecule has 0 amide bonds. The van der Waals surface area contributed by atoms with Gasteiger partial charge in [-0.15, -0.1) is 50.5 Å². The van der Waals surface area contributed by atoms with Gasteiger partial charge in [-0.05, 0) is 24.3 Å². The van der Waals surface area contributed by atoms with Gasteiger partial charge >= 0.3 is 23.9 Å². The van der Waals surface area contributed by atoms with Gasteiger partial charge in [-0.2, -0.15) is 0 Å². The van der Waals surface area contributed by atoms with Gasteiger partial charge in [0.15, 0.2) is 0 Å². The summed E-state index contributed by atoms with van der Waals surface area (Å²) in [7, 11) is 0. The average molecular weight is 403 g/mol. The van der Waals surface area contributed by atoms with Gasteiger partial charge in [-0.25, -0.2) is 0 Å². The van der Waals surface area contributed by atoms with Gasteiger partial charge < -0.3 is 0 Å². The van der Waals surface area contributed by atoms with Crippen molar-refractivity contribution in [1.29, 1.82) is 0 Å². The molecular formula is C12H12S4Sn+2. The van der Waals surface area contributed by atoms with Crippen LogP contribution < -0.4 is 0 Å². The van der Waals surface area contributed by atoms with E-state index in [-0.39, 0.29) is 23.9 Å². The molecule has 17 heavy (non-hydrogen) atoms. The van der Waals surface area contributed by atoms with E-state index in [9.17, 15) is 0 Å². The molecular weight excluding hydrogens is 391 g/mol. The van der Waals surface area contributed by atoms with Crippen LogP contribution in [0.5, 0.6) is 0 Å². The predicted molar refractivity (Wildman–Crippen MR) is 87.6 cm³/mol. The molecule has 0 saturated heterocycles. The van der Waals surface area contributed by atoms with Crippen molar-refractivity contribution in [2.24, 2.45) is 0 Å². The Bertz CT molecular complexity index is 374.